The van der Waals surface area contributed by atoms with Gasteiger partial charge in [-0.05, 0) is 54.0 Å². The van der Waals surface area contributed by atoms with E-state index in [1.54, 1.807) is 7.11 Å². The van der Waals surface area contributed by atoms with E-state index in [-0.39, 0.29) is 0 Å². The fourth-order valence-corrected chi connectivity index (χ4v) is 4.40. The average molecular weight is 385 g/mol. The highest BCUT2D eigenvalue weighted by molar-refractivity contribution is 6.05. The molecular weight excluding hydrogens is 360 g/mol. The van der Waals surface area contributed by atoms with Crippen molar-refractivity contribution in [1.82, 2.24) is 4.98 Å². The summed E-state index contributed by atoms with van der Waals surface area (Å²) in [5, 5.41) is 2.39. The Labute approximate surface area is 170 Å². The second-order valence-electron chi connectivity index (χ2n) is 8.22. The smallest absolute Gasteiger partial charge is 0.295 e. The van der Waals surface area contributed by atoms with Crippen molar-refractivity contribution in [3.63, 3.8) is 0 Å². The number of hydrogen-bond donors (Lipinski definition) is 0. The van der Waals surface area contributed by atoms with E-state index in [9.17, 15) is 0 Å². The highest BCUT2D eigenvalue weighted by atomic mass is 16.5. The van der Waals surface area contributed by atoms with Crippen LogP contribution in [0.15, 0.2) is 36.4 Å². The van der Waals surface area contributed by atoms with Crippen LogP contribution in [-0.2, 0) is 7.05 Å². The molecule has 3 aromatic carbocycles. The Bertz CT molecular complexity index is 1320. The van der Waals surface area contributed by atoms with Crippen molar-refractivity contribution in [1.29, 1.82) is 0 Å². The van der Waals surface area contributed by atoms with E-state index in [1.165, 1.54) is 33.0 Å². The summed E-state index contributed by atoms with van der Waals surface area (Å²) < 4.78 is 14.2. The van der Waals surface area contributed by atoms with Crippen LogP contribution in [0.4, 0.5) is 0 Å². The van der Waals surface area contributed by atoms with Crippen LogP contribution < -0.4 is 14.0 Å². The van der Waals surface area contributed by atoms with E-state index in [2.05, 4.69) is 63.6 Å². The van der Waals surface area contributed by atoms with Gasteiger partial charge in [0.1, 0.15) is 12.8 Å². The molecule has 0 aliphatic carbocycles. The van der Waals surface area contributed by atoms with Gasteiger partial charge in [0, 0.05) is 11.5 Å². The number of benzene rings is 3. The molecule has 1 aromatic heterocycles. The molecule has 0 atom stereocenters. The molecule has 0 fully saturated rings. The highest BCUT2D eigenvalue weighted by Gasteiger charge is 2.33. The van der Waals surface area contributed by atoms with E-state index in [0.717, 1.165) is 28.2 Å². The summed E-state index contributed by atoms with van der Waals surface area (Å²) in [6.07, 6.45) is 0. The molecule has 0 spiro atoms. The number of ether oxygens (including phenoxy) is 2. The zero-order valence-electron chi connectivity index (χ0n) is 17.8. The second-order valence-corrected chi connectivity index (χ2v) is 8.22. The largest absolute Gasteiger partial charge is 0.494 e. The molecule has 0 amide bonds. The van der Waals surface area contributed by atoms with E-state index in [4.69, 9.17) is 14.5 Å². The molecule has 0 radical (unpaired) electrons. The molecule has 2 heterocycles. The van der Waals surface area contributed by atoms with Gasteiger partial charge in [0.2, 0.25) is 5.52 Å². The van der Waals surface area contributed by atoms with Crippen LogP contribution in [0.3, 0.4) is 0 Å². The standard InChI is InChI=1S/C25H25N2O2/c1-13(2)16-11-17-10-14(3)15(4)21-22(17)20(12-16)29-25-24(21)27(5)18-8-7-9-19(28-6)23(18)26-25/h7-13H,1-6H3/q+1. The van der Waals surface area contributed by atoms with Gasteiger partial charge in [0.15, 0.2) is 11.3 Å². The van der Waals surface area contributed by atoms with Gasteiger partial charge in [-0.3, -0.25) is 0 Å². The number of fused-ring (bicyclic) bond motifs is 3. The van der Waals surface area contributed by atoms with Crippen molar-refractivity contribution in [3.05, 3.63) is 53.1 Å². The van der Waals surface area contributed by atoms with Gasteiger partial charge >= 0.3 is 0 Å². The lowest BCUT2D eigenvalue weighted by atomic mass is 9.89. The first-order valence-electron chi connectivity index (χ1n) is 10.0. The molecule has 0 saturated carbocycles. The Kier molecular flexibility index (Phi) is 3.82. The third-order valence-electron chi connectivity index (χ3n) is 6.16. The summed E-state index contributed by atoms with van der Waals surface area (Å²) in [5.74, 6) is 2.69. The van der Waals surface area contributed by atoms with Gasteiger partial charge < -0.3 is 9.47 Å². The first-order chi connectivity index (χ1) is 13.9. The SMILES string of the molecule is COc1cccc2c1nc1c([n+]2C)-c2c(C)c(C)cc3cc(C(C)C)cc(c23)O1. The Balaban J connectivity index is 1.96. The van der Waals surface area contributed by atoms with Crippen molar-refractivity contribution in [2.75, 3.05) is 7.11 Å². The molecule has 1 aliphatic rings. The molecule has 4 nitrogen and oxygen atoms in total. The number of methoxy groups -OCH3 is 1. The minimum Gasteiger partial charge on any atom is -0.494 e. The van der Waals surface area contributed by atoms with Crippen LogP contribution >= 0.6 is 0 Å². The predicted octanol–water partition coefficient (Wildman–Crippen LogP) is 5.73. The normalized spacial score (nSPS) is 12.4. The summed E-state index contributed by atoms with van der Waals surface area (Å²) in [6.45, 7) is 8.79. The molecule has 4 heteroatoms. The molecule has 146 valence electrons. The summed E-state index contributed by atoms with van der Waals surface area (Å²) in [6, 6.07) is 12.7. The molecule has 0 bridgehead atoms. The van der Waals surface area contributed by atoms with Crippen molar-refractivity contribution in [3.8, 4) is 28.6 Å². The summed E-state index contributed by atoms with van der Waals surface area (Å²) in [7, 11) is 3.75. The van der Waals surface area contributed by atoms with Crippen LogP contribution in [0.2, 0.25) is 0 Å². The predicted molar refractivity (Wildman–Crippen MR) is 116 cm³/mol. The number of nitrogens with zero attached hydrogens (tertiary/aromatic N) is 2. The van der Waals surface area contributed by atoms with Crippen LogP contribution in [-0.4, -0.2) is 12.1 Å². The molecule has 1 aliphatic heterocycles. The number of rotatable bonds is 2. The molecule has 0 unspecified atom stereocenters. The first-order valence-corrected chi connectivity index (χ1v) is 10.0. The maximum absolute atomic E-state index is 6.44. The van der Waals surface area contributed by atoms with Gasteiger partial charge in [-0.25, -0.2) is 0 Å². The Morgan fingerprint density at radius 3 is 2.62 bits per heavy atom. The minimum atomic E-state index is 0.423. The number of hydrogen-bond acceptors (Lipinski definition) is 3. The average Bonchev–Trinajstić information content (AvgIpc) is 2.70. The fraction of sp³-hybridized carbons (Fsp3) is 0.280. The monoisotopic (exact) mass is 385 g/mol. The first kappa shape index (κ1) is 17.9. The molecule has 4 aromatic rings. The Morgan fingerprint density at radius 2 is 1.90 bits per heavy atom. The lowest BCUT2D eigenvalue weighted by molar-refractivity contribution is -0.634. The van der Waals surface area contributed by atoms with Gasteiger partial charge in [-0.2, -0.15) is 9.55 Å². The lowest BCUT2D eigenvalue weighted by Gasteiger charge is -2.23. The molecular formula is C25H25N2O2+. The zero-order valence-corrected chi connectivity index (χ0v) is 17.8. The van der Waals surface area contributed by atoms with Crippen molar-refractivity contribution < 1.29 is 14.0 Å². The van der Waals surface area contributed by atoms with Crippen LogP contribution in [0.5, 0.6) is 17.4 Å². The fourth-order valence-electron chi connectivity index (χ4n) is 4.40. The Morgan fingerprint density at radius 1 is 1.10 bits per heavy atom. The van der Waals surface area contributed by atoms with Gasteiger partial charge in [0.05, 0.1) is 12.7 Å². The third kappa shape index (κ3) is 2.45. The van der Waals surface area contributed by atoms with Crippen LogP contribution in [0.1, 0.15) is 36.5 Å². The van der Waals surface area contributed by atoms with E-state index < -0.39 is 0 Å². The quantitative estimate of drug-likeness (QED) is 0.364. The van der Waals surface area contributed by atoms with Gasteiger partial charge in [-0.1, -0.05) is 32.0 Å². The highest BCUT2D eigenvalue weighted by Crippen LogP contribution is 2.48. The van der Waals surface area contributed by atoms with Gasteiger partial charge in [-0.15, -0.1) is 0 Å². The number of aromatic nitrogens is 2. The van der Waals surface area contributed by atoms with E-state index >= 15 is 0 Å². The maximum atomic E-state index is 6.44. The topological polar surface area (TPSA) is 35.2 Å². The van der Waals surface area contributed by atoms with Crippen LogP contribution in [0, 0.1) is 13.8 Å². The zero-order chi connectivity index (χ0) is 20.4. The number of aryl methyl sites for hydroxylation is 2. The second kappa shape index (κ2) is 6.18. The number of para-hydroxylation sites is 1. The van der Waals surface area contributed by atoms with E-state index in [1.807, 2.05) is 12.1 Å². The van der Waals surface area contributed by atoms with Crippen molar-refractivity contribution >= 4 is 21.8 Å². The van der Waals surface area contributed by atoms with Crippen molar-refractivity contribution in [2.45, 2.75) is 33.6 Å². The van der Waals surface area contributed by atoms with Crippen LogP contribution in [0.25, 0.3) is 33.1 Å². The lowest BCUT2D eigenvalue weighted by Crippen LogP contribution is -2.34. The molecule has 0 N–H and O–H groups in total. The molecule has 0 saturated heterocycles. The Hall–Kier alpha value is -3.14. The third-order valence-corrected chi connectivity index (χ3v) is 6.16. The molecule has 29 heavy (non-hydrogen) atoms. The van der Waals surface area contributed by atoms with Crippen molar-refractivity contribution in [2.24, 2.45) is 7.05 Å². The summed E-state index contributed by atoms with van der Waals surface area (Å²) >= 11 is 0. The maximum Gasteiger partial charge on any atom is 0.295 e. The summed E-state index contributed by atoms with van der Waals surface area (Å²) in [5.41, 5.74) is 7.86. The van der Waals surface area contributed by atoms with Gasteiger partial charge in [0.25, 0.3) is 11.6 Å². The molecule has 5 rings (SSSR count). The van der Waals surface area contributed by atoms with E-state index in [0.29, 0.717) is 11.8 Å². The summed E-state index contributed by atoms with van der Waals surface area (Å²) in [4.78, 5) is 4.91. The minimum absolute atomic E-state index is 0.423.